The average molecular weight is 435 g/mol. The fourth-order valence-corrected chi connectivity index (χ4v) is 3.23. The molecule has 3 rings (SSSR count). The summed E-state index contributed by atoms with van der Waals surface area (Å²) in [4.78, 5) is 27.0. The molecule has 1 unspecified atom stereocenters. The van der Waals surface area contributed by atoms with E-state index >= 15 is 0 Å². The lowest BCUT2D eigenvalue weighted by Gasteiger charge is -2.25. The van der Waals surface area contributed by atoms with Gasteiger partial charge in [-0.3, -0.25) is 9.59 Å². The van der Waals surface area contributed by atoms with Gasteiger partial charge in [0.2, 0.25) is 0 Å². The molecule has 2 N–H and O–H groups in total. The minimum absolute atomic E-state index is 0.000206. The highest BCUT2D eigenvalue weighted by Gasteiger charge is 2.18. The standard InChI is InChI=1S/C25H26FN3O3/c1-29(2)22(18-10-4-3-5-11-18)16-27-25(31)19-12-6-9-15-23(19)32-17-24(30)28-21-14-8-7-13-20(21)26/h3-15,22H,16-17H2,1-2H3,(H,27,31)(H,28,30). The zero-order chi connectivity index (χ0) is 22.9. The number of halogens is 1. The number of hydrogen-bond donors (Lipinski definition) is 2. The highest BCUT2D eigenvalue weighted by Crippen LogP contribution is 2.20. The van der Waals surface area contributed by atoms with Crippen LogP contribution in [-0.4, -0.2) is 44.0 Å². The fraction of sp³-hybridized carbons (Fsp3) is 0.200. The molecule has 3 aromatic rings. The number of para-hydroxylation sites is 2. The molecule has 3 aromatic carbocycles. The third-order valence-corrected chi connectivity index (χ3v) is 4.90. The van der Waals surface area contributed by atoms with Crippen LogP contribution in [0, 0.1) is 5.82 Å². The molecule has 0 radical (unpaired) electrons. The van der Waals surface area contributed by atoms with Gasteiger partial charge in [0.15, 0.2) is 6.61 Å². The van der Waals surface area contributed by atoms with E-state index in [-0.39, 0.29) is 30.0 Å². The van der Waals surface area contributed by atoms with Crippen LogP contribution >= 0.6 is 0 Å². The summed E-state index contributed by atoms with van der Waals surface area (Å²) in [6, 6.07) is 22.5. The zero-order valence-corrected chi connectivity index (χ0v) is 18.0. The number of ether oxygens (including phenoxy) is 1. The van der Waals surface area contributed by atoms with Crippen molar-refractivity contribution in [3.05, 3.63) is 95.8 Å². The predicted molar refractivity (Wildman–Crippen MR) is 122 cm³/mol. The number of likely N-dealkylation sites (N-methyl/N-ethyl adjacent to an activating group) is 1. The minimum atomic E-state index is -0.533. The van der Waals surface area contributed by atoms with Crippen molar-refractivity contribution in [2.45, 2.75) is 6.04 Å². The van der Waals surface area contributed by atoms with Crippen LogP contribution in [0.15, 0.2) is 78.9 Å². The van der Waals surface area contributed by atoms with Crippen LogP contribution in [0.5, 0.6) is 5.75 Å². The summed E-state index contributed by atoms with van der Waals surface area (Å²) >= 11 is 0. The number of hydrogen-bond acceptors (Lipinski definition) is 4. The summed E-state index contributed by atoms with van der Waals surface area (Å²) in [5.41, 5.74) is 1.48. The van der Waals surface area contributed by atoms with Crippen LogP contribution in [0.2, 0.25) is 0 Å². The highest BCUT2D eigenvalue weighted by atomic mass is 19.1. The summed E-state index contributed by atoms with van der Waals surface area (Å²) in [7, 11) is 3.91. The average Bonchev–Trinajstić information content (AvgIpc) is 2.80. The second-order valence-electron chi connectivity index (χ2n) is 7.41. The fourth-order valence-electron chi connectivity index (χ4n) is 3.23. The Bertz CT molecular complexity index is 1060. The Morgan fingerprint density at radius 3 is 2.31 bits per heavy atom. The molecule has 7 heteroatoms. The Hall–Kier alpha value is -3.71. The largest absolute Gasteiger partial charge is 0.483 e. The van der Waals surface area contributed by atoms with Crippen molar-refractivity contribution in [2.24, 2.45) is 0 Å². The molecule has 0 saturated carbocycles. The molecular formula is C25H26FN3O3. The lowest BCUT2D eigenvalue weighted by atomic mass is 10.1. The number of carbonyl (C=O) groups is 2. The number of anilines is 1. The van der Waals surface area contributed by atoms with Crippen molar-refractivity contribution >= 4 is 17.5 Å². The molecule has 32 heavy (non-hydrogen) atoms. The second-order valence-corrected chi connectivity index (χ2v) is 7.41. The summed E-state index contributed by atoms with van der Waals surface area (Å²) in [6.45, 7) is 0.0426. The van der Waals surface area contributed by atoms with E-state index in [2.05, 4.69) is 10.6 Å². The second kappa shape index (κ2) is 11.1. The van der Waals surface area contributed by atoms with Crippen LogP contribution in [0.3, 0.4) is 0 Å². The van der Waals surface area contributed by atoms with Crippen molar-refractivity contribution in [3.63, 3.8) is 0 Å². The Kier molecular flexibility index (Phi) is 7.94. The maximum absolute atomic E-state index is 13.7. The van der Waals surface area contributed by atoms with E-state index in [4.69, 9.17) is 4.74 Å². The van der Waals surface area contributed by atoms with Crippen LogP contribution in [0.25, 0.3) is 0 Å². The lowest BCUT2D eigenvalue weighted by Crippen LogP contribution is -2.34. The molecule has 6 nitrogen and oxygen atoms in total. The van der Waals surface area contributed by atoms with Crippen LogP contribution in [-0.2, 0) is 4.79 Å². The molecule has 0 aliphatic rings. The molecule has 0 fully saturated rings. The quantitative estimate of drug-likeness (QED) is 0.535. The number of amides is 2. The maximum atomic E-state index is 13.7. The third kappa shape index (κ3) is 6.15. The van der Waals surface area contributed by atoms with Crippen molar-refractivity contribution < 1.29 is 18.7 Å². The van der Waals surface area contributed by atoms with E-state index in [1.807, 2.05) is 49.3 Å². The van der Waals surface area contributed by atoms with E-state index in [0.29, 0.717) is 12.1 Å². The molecule has 0 aromatic heterocycles. The smallest absolute Gasteiger partial charge is 0.262 e. The van der Waals surface area contributed by atoms with Gasteiger partial charge in [-0.2, -0.15) is 0 Å². The van der Waals surface area contributed by atoms with E-state index in [9.17, 15) is 14.0 Å². The van der Waals surface area contributed by atoms with Gasteiger partial charge in [-0.15, -0.1) is 0 Å². The van der Waals surface area contributed by atoms with Crippen molar-refractivity contribution in [2.75, 3.05) is 32.6 Å². The topological polar surface area (TPSA) is 70.7 Å². The molecule has 0 aliphatic carbocycles. The number of benzene rings is 3. The Labute approximate surface area is 187 Å². The summed E-state index contributed by atoms with van der Waals surface area (Å²) in [6.07, 6.45) is 0. The van der Waals surface area contributed by atoms with Gasteiger partial charge >= 0.3 is 0 Å². The summed E-state index contributed by atoms with van der Waals surface area (Å²) in [5.74, 6) is -1.09. The molecule has 2 amide bonds. The molecule has 166 valence electrons. The monoisotopic (exact) mass is 435 g/mol. The molecule has 0 aliphatic heterocycles. The Morgan fingerprint density at radius 1 is 0.938 bits per heavy atom. The van der Waals surface area contributed by atoms with Crippen molar-refractivity contribution in [1.82, 2.24) is 10.2 Å². The van der Waals surface area contributed by atoms with E-state index in [1.165, 1.54) is 18.2 Å². The molecule has 0 heterocycles. The van der Waals surface area contributed by atoms with E-state index < -0.39 is 11.7 Å². The minimum Gasteiger partial charge on any atom is -0.483 e. The first-order valence-corrected chi connectivity index (χ1v) is 10.2. The Morgan fingerprint density at radius 2 is 1.59 bits per heavy atom. The van der Waals surface area contributed by atoms with Gasteiger partial charge in [-0.1, -0.05) is 54.6 Å². The zero-order valence-electron chi connectivity index (χ0n) is 18.0. The van der Waals surface area contributed by atoms with E-state index in [0.717, 1.165) is 5.56 Å². The number of carbonyl (C=O) groups excluding carboxylic acids is 2. The van der Waals surface area contributed by atoms with E-state index in [1.54, 1.807) is 30.3 Å². The number of nitrogens with zero attached hydrogens (tertiary/aromatic N) is 1. The van der Waals surface area contributed by atoms with Gasteiger partial charge in [0.1, 0.15) is 11.6 Å². The predicted octanol–water partition coefficient (Wildman–Crippen LogP) is 3.88. The highest BCUT2D eigenvalue weighted by molar-refractivity contribution is 5.97. The van der Waals surface area contributed by atoms with Crippen molar-refractivity contribution in [1.29, 1.82) is 0 Å². The first-order valence-electron chi connectivity index (χ1n) is 10.2. The van der Waals surface area contributed by atoms with Gasteiger partial charge in [-0.25, -0.2) is 4.39 Å². The van der Waals surface area contributed by atoms with Gasteiger partial charge in [-0.05, 0) is 43.9 Å². The van der Waals surface area contributed by atoms with Gasteiger partial charge < -0.3 is 20.3 Å². The maximum Gasteiger partial charge on any atom is 0.262 e. The van der Waals surface area contributed by atoms with Crippen LogP contribution in [0.4, 0.5) is 10.1 Å². The number of rotatable bonds is 9. The normalized spacial score (nSPS) is 11.6. The van der Waals surface area contributed by atoms with Gasteiger partial charge in [0, 0.05) is 6.54 Å². The lowest BCUT2D eigenvalue weighted by molar-refractivity contribution is -0.118. The molecule has 0 spiro atoms. The third-order valence-electron chi connectivity index (χ3n) is 4.90. The first-order chi connectivity index (χ1) is 15.5. The first kappa shape index (κ1) is 23.0. The Balaban J connectivity index is 1.62. The summed E-state index contributed by atoms with van der Waals surface area (Å²) in [5, 5.41) is 5.40. The van der Waals surface area contributed by atoms with Crippen molar-refractivity contribution in [3.8, 4) is 5.75 Å². The van der Waals surface area contributed by atoms with Crippen LogP contribution in [0.1, 0.15) is 22.0 Å². The molecular weight excluding hydrogens is 409 g/mol. The van der Waals surface area contributed by atoms with Gasteiger partial charge in [0.05, 0.1) is 17.3 Å². The molecule has 0 saturated heterocycles. The molecule has 1 atom stereocenters. The molecule has 0 bridgehead atoms. The SMILES string of the molecule is CN(C)C(CNC(=O)c1ccccc1OCC(=O)Nc1ccccc1F)c1ccccc1. The van der Waals surface area contributed by atoms with Crippen LogP contribution < -0.4 is 15.4 Å². The number of nitrogens with one attached hydrogen (secondary N) is 2. The summed E-state index contributed by atoms with van der Waals surface area (Å²) < 4.78 is 19.3. The van der Waals surface area contributed by atoms with Gasteiger partial charge in [0.25, 0.3) is 11.8 Å².